The lowest BCUT2D eigenvalue weighted by Crippen LogP contribution is -2.45. The number of nitrogens with one attached hydrogen (secondary N) is 2. The summed E-state index contributed by atoms with van der Waals surface area (Å²) in [7, 11) is 1.76. The summed E-state index contributed by atoms with van der Waals surface area (Å²) in [6, 6.07) is -0.315. The van der Waals surface area contributed by atoms with Gasteiger partial charge in [-0.15, -0.1) is 24.0 Å². The molecule has 1 spiro atoms. The van der Waals surface area contributed by atoms with Gasteiger partial charge < -0.3 is 20.3 Å². The molecule has 3 aliphatic rings. The van der Waals surface area contributed by atoms with E-state index < -0.39 is 0 Å². The minimum Gasteiger partial charge on any atom is -0.381 e. The topological polar surface area (TPSA) is 86.3 Å². The van der Waals surface area contributed by atoms with Gasteiger partial charge in [0, 0.05) is 45.2 Å². The molecule has 0 aromatic heterocycles. The van der Waals surface area contributed by atoms with Crippen LogP contribution in [0.1, 0.15) is 12.8 Å². The van der Waals surface area contributed by atoms with Crippen LogP contribution in [-0.2, 0) is 9.53 Å². The van der Waals surface area contributed by atoms with Crippen LogP contribution >= 0.6 is 24.0 Å². The van der Waals surface area contributed by atoms with E-state index >= 15 is 0 Å². The Hall–Kier alpha value is -1.10. The number of carbonyl (C=O) groups excluding carboxylic acids is 2. The molecule has 3 saturated heterocycles. The van der Waals surface area contributed by atoms with Crippen molar-refractivity contribution in [1.82, 2.24) is 20.4 Å². The smallest absolute Gasteiger partial charge is 0.324 e. The van der Waals surface area contributed by atoms with Crippen molar-refractivity contribution >= 4 is 41.9 Å². The number of carbonyl (C=O) groups is 2. The maximum absolute atomic E-state index is 11.5. The zero-order valence-corrected chi connectivity index (χ0v) is 15.7. The molecule has 0 radical (unpaired) electrons. The summed E-state index contributed by atoms with van der Waals surface area (Å²) in [5.74, 6) is 0.654. The second-order valence-corrected chi connectivity index (χ2v) is 6.15. The first-order valence-electron chi connectivity index (χ1n) is 7.75. The summed E-state index contributed by atoms with van der Waals surface area (Å²) in [4.78, 5) is 30.8. The van der Waals surface area contributed by atoms with Gasteiger partial charge in [-0.3, -0.25) is 14.7 Å². The molecule has 9 heteroatoms. The minimum atomic E-state index is -0.315. The van der Waals surface area contributed by atoms with Crippen molar-refractivity contribution in [3.8, 4) is 0 Å². The molecule has 0 saturated carbocycles. The number of ether oxygens (including phenoxy) is 1. The predicted molar refractivity (Wildman–Crippen MR) is 95.9 cm³/mol. The van der Waals surface area contributed by atoms with Crippen LogP contribution < -0.4 is 10.6 Å². The summed E-state index contributed by atoms with van der Waals surface area (Å²) < 4.78 is 5.54. The normalized spacial score (nSPS) is 27.6. The number of hydrogen-bond donors (Lipinski definition) is 2. The number of hydrogen-bond acceptors (Lipinski definition) is 4. The third kappa shape index (κ3) is 3.87. The van der Waals surface area contributed by atoms with Crippen LogP contribution in [0, 0.1) is 5.41 Å². The first kappa shape index (κ1) is 18.2. The molecule has 3 heterocycles. The van der Waals surface area contributed by atoms with Crippen LogP contribution in [0.5, 0.6) is 0 Å². The molecule has 3 aliphatic heterocycles. The van der Waals surface area contributed by atoms with Gasteiger partial charge >= 0.3 is 6.03 Å². The maximum atomic E-state index is 11.5. The zero-order chi connectivity index (χ0) is 15.6. The molecule has 130 valence electrons. The van der Waals surface area contributed by atoms with Gasteiger partial charge in [0.25, 0.3) is 0 Å². The number of likely N-dealkylation sites (tertiary alicyclic amines) is 1. The Bertz CT molecular complexity index is 477. The van der Waals surface area contributed by atoms with Gasteiger partial charge in [-0.1, -0.05) is 0 Å². The Morgan fingerprint density at radius 1 is 1.43 bits per heavy atom. The Kier molecular flexibility index (Phi) is 6.06. The second-order valence-electron chi connectivity index (χ2n) is 6.15. The number of guanidine groups is 1. The highest BCUT2D eigenvalue weighted by molar-refractivity contribution is 14.0. The average molecular weight is 437 g/mol. The fraction of sp³-hybridized carbons (Fsp3) is 0.786. The lowest BCUT2D eigenvalue weighted by Gasteiger charge is -2.25. The van der Waals surface area contributed by atoms with E-state index in [1.165, 1.54) is 4.90 Å². The van der Waals surface area contributed by atoms with E-state index in [2.05, 4.69) is 20.5 Å². The van der Waals surface area contributed by atoms with Gasteiger partial charge in [-0.2, -0.15) is 0 Å². The quantitative estimate of drug-likeness (QED) is 0.278. The highest BCUT2D eigenvalue weighted by Crippen LogP contribution is 2.38. The van der Waals surface area contributed by atoms with Crippen LogP contribution in [0.2, 0.25) is 0 Å². The highest BCUT2D eigenvalue weighted by Gasteiger charge is 2.42. The second kappa shape index (κ2) is 7.65. The standard InChI is InChI=1S/C14H23N5O3.HI/c1-15-12(16-4-6-19-11(20)8-17-13(19)21)18-5-2-14(9-18)3-7-22-10-14;/h2-10H2,1H3,(H,15,16)(H,17,21);1H. The van der Waals surface area contributed by atoms with Crippen molar-refractivity contribution < 1.29 is 14.3 Å². The molecular weight excluding hydrogens is 413 g/mol. The van der Waals surface area contributed by atoms with Crippen LogP contribution in [0.15, 0.2) is 4.99 Å². The number of rotatable bonds is 3. The number of urea groups is 1. The van der Waals surface area contributed by atoms with Crippen molar-refractivity contribution in [2.45, 2.75) is 12.8 Å². The minimum absolute atomic E-state index is 0. The number of nitrogens with zero attached hydrogens (tertiary/aromatic N) is 3. The van der Waals surface area contributed by atoms with Crippen molar-refractivity contribution in [2.75, 3.05) is 53.0 Å². The summed E-state index contributed by atoms with van der Waals surface area (Å²) in [6.07, 6.45) is 2.24. The molecule has 0 bridgehead atoms. The molecule has 1 unspecified atom stereocenters. The first-order valence-corrected chi connectivity index (χ1v) is 7.75. The van der Waals surface area contributed by atoms with Gasteiger partial charge in [0.1, 0.15) is 0 Å². The molecule has 0 aromatic rings. The van der Waals surface area contributed by atoms with Gasteiger partial charge in [-0.05, 0) is 12.8 Å². The van der Waals surface area contributed by atoms with E-state index in [-0.39, 0.29) is 47.9 Å². The molecule has 3 rings (SSSR count). The largest absolute Gasteiger partial charge is 0.381 e. The highest BCUT2D eigenvalue weighted by atomic mass is 127. The fourth-order valence-electron chi connectivity index (χ4n) is 3.38. The van der Waals surface area contributed by atoms with E-state index in [4.69, 9.17) is 4.74 Å². The maximum Gasteiger partial charge on any atom is 0.324 e. The van der Waals surface area contributed by atoms with Crippen molar-refractivity contribution in [1.29, 1.82) is 0 Å². The third-order valence-electron chi connectivity index (χ3n) is 4.69. The van der Waals surface area contributed by atoms with Crippen LogP contribution in [0.3, 0.4) is 0 Å². The summed E-state index contributed by atoms with van der Waals surface area (Å²) >= 11 is 0. The van der Waals surface area contributed by atoms with Crippen molar-refractivity contribution in [3.63, 3.8) is 0 Å². The number of aliphatic imine (C=N–C) groups is 1. The number of imide groups is 1. The van der Waals surface area contributed by atoms with E-state index in [0.717, 1.165) is 45.1 Å². The molecule has 3 fully saturated rings. The Balaban J connectivity index is 0.00000192. The fourth-order valence-corrected chi connectivity index (χ4v) is 3.38. The summed E-state index contributed by atoms with van der Waals surface area (Å²) in [6.45, 7) is 4.57. The van der Waals surface area contributed by atoms with Crippen molar-refractivity contribution in [3.05, 3.63) is 0 Å². The van der Waals surface area contributed by atoms with Gasteiger partial charge in [-0.25, -0.2) is 4.79 Å². The predicted octanol–water partition coefficient (Wildman–Crippen LogP) is -0.156. The molecule has 8 nitrogen and oxygen atoms in total. The average Bonchev–Trinajstić information content (AvgIpc) is 3.22. The lowest BCUT2D eigenvalue weighted by molar-refractivity contribution is -0.124. The van der Waals surface area contributed by atoms with Gasteiger partial charge in [0.05, 0.1) is 13.2 Å². The number of amides is 3. The summed E-state index contributed by atoms with van der Waals surface area (Å²) in [5.41, 5.74) is 0.280. The van der Waals surface area contributed by atoms with E-state index in [0.29, 0.717) is 13.1 Å². The molecular formula is C14H24IN5O3. The lowest BCUT2D eigenvalue weighted by atomic mass is 9.87. The van der Waals surface area contributed by atoms with Crippen molar-refractivity contribution in [2.24, 2.45) is 10.4 Å². The SMILES string of the molecule is CN=C(NCCN1C(=O)CNC1=O)N1CCC2(CCOC2)C1.I. The molecule has 0 aliphatic carbocycles. The third-order valence-corrected chi connectivity index (χ3v) is 4.69. The van der Waals surface area contributed by atoms with Crippen LogP contribution in [-0.4, -0.2) is 80.7 Å². The number of halogens is 1. The Morgan fingerprint density at radius 2 is 2.26 bits per heavy atom. The summed E-state index contributed by atoms with van der Waals surface area (Å²) in [5, 5.41) is 5.76. The Labute approximate surface area is 153 Å². The van der Waals surface area contributed by atoms with Gasteiger partial charge in [0.15, 0.2) is 5.96 Å². The molecule has 0 aromatic carbocycles. The molecule has 1 atom stereocenters. The van der Waals surface area contributed by atoms with E-state index in [1.54, 1.807) is 7.05 Å². The van der Waals surface area contributed by atoms with Crippen LogP contribution in [0.25, 0.3) is 0 Å². The zero-order valence-electron chi connectivity index (χ0n) is 13.3. The molecule has 2 N–H and O–H groups in total. The monoisotopic (exact) mass is 437 g/mol. The molecule has 23 heavy (non-hydrogen) atoms. The van der Waals surface area contributed by atoms with E-state index in [1.807, 2.05) is 0 Å². The Morgan fingerprint density at radius 3 is 2.87 bits per heavy atom. The van der Waals surface area contributed by atoms with Gasteiger partial charge in [0.2, 0.25) is 5.91 Å². The van der Waals surface area contributed by atoms with E-state index in [9.17, 15) is 9.59 Å². The molecule has 3 amide bonds. The van der Waals surface area contributed by atoms with Crippen LogP contribution in [0.4, 0.5) is 4.79 Å². The first-order chi connectivity index (χ1) is 10.6.